The van der Waals surface area contributed by atoms with Gasteiger partial charge in [0.1, 0.15) is 11.8 Å². The molecule has 2 aromatic carbocycles. The zero-order valence-corrected chi connectivity index (χ0v) is 16.3. The molecule has 1 fully saturated rings. The van der Waals surface area contributed by atoms with E-state index in [2.05, 4.69) is 10.6 Å². The monoisotopic (exact) mass is 411 g/mol. The fourth-order valence-electron chi connectivity index (χ4n) is 3.34. The van der Waals surface area contributed by atoms with E-state index in [0.717, 1.165) is 10.5 Å². The van der Waals surface area contributed by atoms with Gasteiger partial charge in [0.05, 0.1) is 13.7 Å². The van der Waals surface area contributed by atoms with Crippen LogP contribution in [0, 0.1) is 0 Å². The molecule has 2 heterocycles. The van der Waals surface area contributed by atoms with Crippen molar-refractivity contribution in [2.75, 3.05) is 19.2 Å². The Hall–Kier alpha value is -3.75. The SMILES string of the molecule is COc1cccc(NC(=O)CC[C@H]2NC(=O)N(Cc3ccc4c(c3)OCO4)C2=O)c1. The molecule has 2 N–H and O–H groups in total. The molecule has 0 spiro atoms. The highest BCUT2D eigenvalue weighted by atomic mass is 16.7. The lowest BCUT2D eigenvalue weighted by molar-refractivity contribution is -0.128. The number of anilines is 1. The molecule has 156 valence electrons. The molecule has 0 saturated carbocycles. The first-order chi connectivity index (χ1) is 14.5. The van der Waals surface area contributed by atoms with Crippen molar-refractivity contribution in [2.45, 2.75) is 25.4 Å². The second kappa shape index (κ2) is 8.32. The van der Waals surface area contributed by atoms with E-state index in [1.807, 2.05) is 0 Å². The number of nitrogens with one attached hydrogen (secondary N) is 2. The molecule has 9 nitrogen and oxygen atoms in total. The molecule has 0 radical (unpaired) electrons. The second-order valence-corrected chi connectivity index (χ2v) is 6.93. The minimum atomic E-state index is -0.734. The minimum Gasteiger partial charge on any atom is -0.497 e. The number of urea groups is 1. The Kier molecular flexibility index (Phi) is 5.42. The van der Waals surface area contributed by atoms with Crippen molar-refractivity contribution in [3.8, 4) is 17.2 Å². The summed E-state index contributed by atoms with van der Waals surface area (Å²) in [5.74, 6) is 1.25. The predicted octanol–water partition coefficient (Wildman–Crippen LogP) is 2.26. The standard InChI is InChI=1S/C21H21N3O6/c1-28-15-4-2-3-14(10-15)22-19(25)8-6-16-20(26)24(21(27)23-16)11-13-5-7-17-18(9-13)30-12-29-17/h2-5,7,9-10,16H,6,8,11-12H2,1H3,(H,22,25)(H,23,27)/t16-/m1/s1. The van der Waals surface area contributed by atoms with Crippen molar-refractivity contribution in [3.05, 3.63) is 48.0 Å². The molecule has 9 heteroatoms. The van der Waals surface area contributed by atoms with Crippen LogP contribution in [0.4, 0.5) is 10.5 Å². The predicted molar refractivity (Wildman–Crippen MR) is 106 cm³/mol. The lowest BCUT2D eigenvalue weighted by Crippen LogP contribution is -2.31. The molecule has 0 bridgehead atoms. The van der Waals surface area contributed by atoms with Crippen molar-refractivity contribution >= 4 is 23.5 Å². The van der Waals surface area contributed by atoms with Crippen molar-refractivity contribution in [2.24, 2.45) is 0 Å². The van der Waals surface area contributed by atoms with Crippen molar-refractivity contribution in [1.82, 2.24) is 10.2 Å². The van der Waals surface area contributed by atoms with E-state index in [1.165, 1.54) is 0 Å². The highest BCUT2D eigenvalue weighted by Crippen LogP contribution is 2.33. The van der Waals surface area contributed by atoms with Crippen LogP contribution in [0.15, 0.2) is 42.5 Å². The van der Waals surface area contributed by atoms with E-state index >= 15 is 0 Å². The van der Waals surface area contributed by atoms with Gasteiger partial charge in [-0.15, -0.1) is 0 Å². The van der Waals surface area contributed by atoms with Crippen molar-refractivity contribution < 1.29 is 28.6 Å². The van der Waals surface area contributed by atoms with Gasteiger partial charge in [0.15, 0.2) is 11.5 Å². The summed E-state index contributed by atoms with van der Waals surface area (Å²) >= 11 is 0. The van der Waals surface area contributed by atoms with Gasteiger partial charge in [0.2, 0.25) is 12.7 Å². The van der Waals surface area contributed by atoms with Crippen LogP contribution in [0.2, 0.25) is 0 Å². The molecule has 2 aliphatic heterocycles. The molecule has 0 aromatic heterocycles. The first-order valence-corrected chi connectivity index (χ1v) is 9.48. The van der Waals surface area contributed by atoms with Crippen LogP contribution in [0.25, 0.3) is 0 Å². The normalized spacial score (nSPS) is 17.1. The molecule has 30 heavy (non-hydrogen) atoms. The number of carbonyl (C=O) groups is 3. The molecule has 4 rings (SSSR count). The van der Waals surface area contributed by atoms with Crippen LogP contribution >= 0.6 is 0 Å². The molecule has 0 aliphatic carbocycles. The Balaban J connectivity index is 1.32. The fourth-order valence-corrected chi connectivity index (χ4v) is 3.34. The number of carbonyl (C=O) groups excluding carboxylic acids is 3. The number of rotatable bonds is 7. The summed E-state index contributed by atoms with van der Waals surface area (Å²) in [6.07, 6.45) is 0.295. The first-order valence-electron chi connectivity index (χ1n) is 9.48. The Bertz CT molecular complexity index is 992. The number of benzene rings is 2. The van der Waals surface area contributed by atoms with Gasteiger partial charge in [0.25, 0.3) is 5.91 Å². The number of hydrogen-bond donors (Lipinski definition) is 2. The van der Waals surface area contributed by atoms with E-state index in [-0.39, 0.29) is 38.0 Å². The summed E-state index contributed by atoms with van der Waals surface area (Å²) < 4.78 is 15.7. The number of fused-ring (bicyclic) bond motifs is 1. The highest BCUT2D eigenvalue weighted by molar-refractivity contribution is 6.04. The average Bonchev–Trinajstić information content (AvgIpc) is 3.31. The topological polar surface area (TPSA) is 106 Å². The molecule has 1 saturated heterocycles. The van der Waals surface area contributed by atoms with Crippen LogP contribution in [-0.4, -0.2) is 42.7 Å². The Morgan fingerprint density at radius 3 is 2.87 bits per heavy atom. The van der Waals surface area contributed by atoms with Gasteiger partial charge in [-0.3, -0.25) is 14.5 Å². The molecule has 2 aliphatic rings. The van der Waals surface area contributed by atoms with Crippen LogP contribution in [-0.2, 0) is 16.1 Å². The van der Waals surface area contributed by atoms with Crippen molar-refractivity contribution in [3.63, 3.8) is 0 Å². The Labute approximate surface area is 172 Å². The van der Waals surface area contributed by atoms with E-state index < -0.39 is 12.1 Å². The van der Waals surface area contributed by atoms with Gasteiger partial charge in [-0.05, 0) is 36.2 Å². The number of ether oxygens (including phenoxy) is 3. The highest BCUT2D eigenvalue weighted by Gasteiger charge is 2.38. The lowest BCUT2D eigenvalue weighted by atomic mass is 10.1. The van der Waals surface area contributed by atoms with Crippen LogP contribution in [0.5, 0.6) is 17.2 Å². The van der Waals surface area contributed by atoms with E-state index in [4.69, 9.17) is 14.2 Å². The van der Waals surface area contributed by atoms with E-state index in [0.29, 0.717) is 22.9 Å². The maximum Gasteiger partial charge on any atom is 0.325 e. The zero-order chi connectivity index (χ0) is 21.1. The van der Waals surface area contributed by atoms with Crippen LogP contribution < -0.4 is 24.8 Å². The summed E-state index contributed by atoms with van der Waals surface area (Å²) in [6, 6.07) is 11.1. The Morgan fingerprint density at radius 1 is 1.20 bits per heavy atom. The maximum atomic E-state index is 12.6. The third-order valence-electron chi connectivity index (χ3n) is 4.90. The van der Waals surface area contributed by atoms with Crippen LogP contribution in [0.3, 0.4) is 0 Å². The summed E-state index contributed by atoms with van der Waals surface area (Å²) in [5.41, 5.74) is 1.35. The second-order valence-electron chi connectivity index (χ2n) is 6.93. The molecular formula is C21H21N3O6. The maximum absolute atomic E-state index is 12.6. The molecule has 4 amide bonds. The average molecular weight is 411 g/mol. The Morgan fingerprint density at radius 2 is 2.03 bits per heavy atom. The summed E-state index contributed by atoms with van der Waals surface area (Å²) in [6.45, 7) is 0.273. The summed E-state index contributed by atoms with van der Waals surface area (Å²) in [5, 5.41) is 5.40. The van der Waals surface area contributed by atoms with Gasteiger partial charge in [-0.25, -0.2) is 4.79 Å². The minimum absolute atomic E-state index is 0.0890. The molecule has 2 aromatic rings. The van der Waals surface area contributed by atoms with Crippen molar-refractivity contribution in [1.29, 1.82) is 0 Å². The van der Waals surface area contributed by atoms with E-state index in [1.54, 1.807) is 49.6 Å². The van der Waals surface area contributed by atoms with Crippen LogP contribution in [0.1, 0.15) is 18.4 Å². The smallest absolute Gasteiger partial charge is 0.325 e. The van der Waals surface area contributed by atoms with Gasteiger partial charge >= 0.3 is 6.03 Å². The number of hydrogen-bond acceptors (Lipinski definition) is 6. The molecular weight excluding hydrogens is 390 g/mol. The van der Waals surface area contributed by atoms with E-state index in [9.17, 15) is 14.4 Å². The lowest BCUT2D eigenvalue weighted by Gasteiger charge is -2.13. The summed E-state index contributed by atoms with van der Waals surface area (Å²) in [7, 11) is 1.55. The number of methoxy groups -OCH3 is 1. The quantitative estimate of drug-likeness (QED) is 0.677. The largest absolute Gasteiger partial charge is 0.497 e. The van der Waals surface area contributed by atoms with Gasteiger partial charge in [-0.1, -0.05) is 12.1 Å². The third-order valence-corrected chi connectivity index (χ3v) is 4.90. The zero-order valence-electron chi connectivity index (χ0n) is 16.3. The first kappa shape index (κ1) is 19.6. The third kappa shape index (κ3) is 4.14. The number of imide groups is 1. The summed E-state index contributed by atoms with van der Waals surface area (Å²) in [4.78, 5) is 38.3. The molecule has 0 unspecified atom stereocenters. The number of amides is 4. The van der Waals surface area contributed by atoms with Gasteiger partial charge < -0.3 is 24.8 Å². The van der Waals surface area contributed by atoms with Gasteiger partial charge in [0, 0.05) is 18.2 Å². The number of nitrogens with zero attached hydrogens (tertiary/aromatic N) is 1. The fraction of sp³-hybridized carbons (Fsp3) is 0.286. The van der Waals surface area contributed by atoms with Gasteiger partial charge in [-0.2, -0.15) is 0 Å². The molecule has 1 atom stereocenters.